The van der Waals surface area contributed by atoms with Gasteiger partial charge < -0.3 is 47.7 Å². The number of carbonyl (C=O) groups is 6. The predicted octanol–water partition coefficient (Wildman–Crippen LogP) is -1.33. The quantitative estimate of drug-likeness (QED) is 0.254. The highest BCUT2D eigenvalue weighted by atomic mass is 16.8. The first-order valence-electron chi connectivity index (χ1n) is 11.8. The molecule has 0 aromatic heterocycles. The molecule has 1 N–H and O–H groups in total. The van der Waals surface area contributed by atoms with Crippen molar-refractivity contribution in [3.05, 3.63) is 0 Å². The van der Waals surface area contributed by atoms with E-state index >= 15 is 0 Å². The zero-order valence-electron chi connectivity index (χ0n) is 22.2. The number of ether oxygens (including phenoxy) is 9. The summed E-state index contributed by atoms with van der Waals surface area (Å²) in [4.78, 5) is 70.4. The number of aliphatic hydroxyl groups is 1. The Kier molecular flexibility index (Phi) is 11.6. The Morgan fingerprint density at radius 3 is 1.64 bits per heavy atom. The van der Waals surface area contributed by atoms with Crippen LogP contribution >= 0.6 is 0 Å². The normalized spacial score (nSPS) is 32.2. The summed E-state index contributed by atoms with van der Waals surface area (Å²) in [5, 5.41) is 10.8. The van der Waals surface area contributed by atoms with E-state index in [-0.39, 0.29) is 0 Å². The van der Waals surface area contributed by atoms with E-state index in [2.05, 4.69) is 0 Å². The maximum Gasteiger partial charge on any atom is 0.303 e. The maximum atomic E-state index is 12.0. The van der Waals surface area contributed by atoms with Crippen LogP contribution in [-0.2, 0) is 71.4 Å². The molecule has 2 rings (SSSR count). The fourth-order valence-electron chi connectivity index (χ4n) is 4.01. The highest BCUT2D eigenvalue weighted by Crippen LogP contribution is 2.32. The topological polar surface area (TPSA) is 206 Å². The lowest BCUT2D eigenvalue weighted by Gasteiger charge is -2.46. The third-order valence-electron chi connectivity index (χ3n) is 5.26. The molecule has 39 heavy (non-hydrogen) atoms. The highest BCUT2D eigenvalue weighted by molar-refractivity contribution is 5.69. The standard InChI is InChI=1S/C23H32O16/c1-9(24)31-7-16-17(34-11(3)26)19(36-13(5)28)20(22(30)38-16)39-23-21(37-14(6)29)18(35-12(4)27)15(8-32-23)33-10(2)25/h15-23,30H,7-8H2,1-6H3/t15-,16-,17-,18+,19+,20-,21-,22-,23+/m1/s1. The third-order valence-corrected chi connectivity index (χ3v) is 5.26. The summed E-state index contributed by atoms with van der Waals surface area (Å²) in [7, 11) is 0. The van der Waals surface area contributed by atoms with Crippen molar-refractivity contribution >= 4 is 35.8 Å². The Hall–Kier alpha value is -3.34. The summed E-state index contributed by atoms with van der Waals surface area (Å²) in [5.74, 6) is -4.79. The van der Waals surface area contributed by atoms with Crippen molar-refractivity contribution in [2.45, 2.75) is 96.9 Å². The SMILES string of the molecule is CC(=O)OC[C@H]1O[C@@H](O)[C@H](O[C@@H]2OC[C@@H](OC(C)=O)[C@H](OC(C)=O)[C@H]2OC(C)=O)[C@@H](OC(C)=O)[C@@H]1OC(C)=O. The monoisotopic (exact) mass is 564 g/mol. The fourth-order valence-corrected chi connectivity index (χ4v) is 4.01. The molecule has 0 bridgehead atoms. The van der Waals surface area contributed by atoms with Crippen molar-refractivity contribution < 1.29 is 76.5 Å². The Morgan fingerprint density at radius 1 is 0.641 bits per heavy atom. The lowest BCUT2D eigenvalue weighted by atomic mass is 9.97. The summed E-state index contributed by atoms with van der Waals surface area (Å²) >= 11 is 0. The van der Waals surface area contributed by atoms with E-state index in [0.717, 1.165) is 41.5 Å². The van der Waals surface area contributed by atoms with Gasteiger partial charge in [-0.3, -0.25) is 28.8 Å². The summed E-state index contributed by atoms with van der Waals surface area (Å²) in [5.41, 5.74) is 0. The molecule has 2 aliphatic heterocycles. The number of hydrogen-bond donors (Lipinski definition) is 1. The summed E-state index contributed by atoms with van der Waals surface area (Å²) in [6.07, 6.45) is -13.5. The Balaban J connectivity index is 2.44. The van der Waals surface area contributed by atoms with E-state index in [4.69, 9.17) is 42.6 Å². The van der Waals surface area contributed by atoms with E-state index in [1.165, 1.54) is 0 Å². The van der Waals surface area contributed by atoms with Crippen molar-refractivity contribution in [3.63, 3.8) is 0 Å². The van der Waals surface area contributed by atoms with Gasteiger partial charge in [0.05, 0.1) is 6.61 Å². The van der Waals surface area contributed by atoms with Gasteiger partial charge >= 0.3 is 35.8 Å². The van der Waals surface area contributed by atoms with Crippen LogP contribution in [0.5, 0.6) is 0 Å². The van der Waals surface area contributed by atoms with Gasteiger partial charge in [-0.05, 0) is 0 Å². The number of esters is 6. The first kappa shape index (κ1) is 31.9. The number of aliphatic hydroxyl groups excluding tert-OH is 1. The molecule has 2 heterocycles. The minimum atomic E-state index is -1.89. The molecule has 220 valence electrons. The molecule has 0 radical (unpaired) electrons. The predicted molar refractivity (Wildman–Crippen MR) is 120 cm³/mol. The van der Waals surface area contributed by atoms with E-state index in [1.54, 1.807) is 0 Å². The highest BCUT2D eigenvalue weighted by Gasteiger charge is 2.55. The van der Waals surface area contributed by atoms with Crippen molar-refractivity contribution in [2.24, 2.45) is 0 Å². The fraction of sp³-hybridized carbons (Fsp3) is 0.739. The zero-order valence-corrected chi connectivity index (χ0v) is 22.2. The van der Waals surface area contributed by atoms with E-state index in [9.17, 15) is 33.9 Å². The minimum absolute atomic E-state index is 0.398. The van der Waals surface area contributed by atoms with Gasteiger partial charge in [0.1, 0.15) is 12.7 Å². The molecule has 0 aliphatic carbocycles. The molecule has 0 aromatic rings. The largest absolute Gasteiger partial charge is 0.463 e. The van der Waals surface area contributed by atoms with Crippen LogP contribution in [0, 0.1) is 0 Å². The van der Waals surface area contributed by atoms with Gasteiger partial charge in [-0.15, -0.1) is 0 Å². The van der Waals surface area contributed by atoms with E-state index < -0.39 is 104 Å². The molecule has 0 spiro atoms. The van der Waals surface area contributed by atoms with Crippen molar-refractivity contribution in [1.29, 1.82) is 0 Å². The second-order valence-electron chi connectivity index (χ2n) is 8.61. The molecule has 0 saturated carbocycles. The second-order valence-corrected chi connectivity index (χ2v) is 8.61. The van der Waals surface area contributed by atoms with Crippen LogP contribution in [0.25, 0.3) is 0 Å². The average Bonchev–Trinajstić information content (AvgIpc) is 2.78. The van der Waals surface area contributed by atoms with Crippen molar-refractivity contribution in [2.75, 3.05) is 13.2 Å². The minimum Gasteiger partial charge on any atom is -0.463 e. The van der Waals surface area contributed by atoms with Crippen LogP contribution in [-0.4, -0.2) is 109 Å². The third kappa shape index (κ3) is 9.42. The van der Waals surface area contributed by atoms with Gasteiger partial charge in [0, 0.05) is 41.5 Å². The Labute approximate surface area is 223 Å². The van der Waals surface area contributed by atoms with Crippen LogP contribution < -0.4 is 0 Å². The van der Waals surface area contributed by atoms with Crippen LogP contribution in [0.4, 0.5) is 0 Å². The van der Waals surface area contributed by atoms with E-state index in [1.807, 2.05) is 0 Å². The molecule has 2 aliphatic rings. The summed E-state index contributed by atoms with van der Waals surface area (Å²) in [6.45, 7) is 5.58. The molecule has 16 nitrogen and oxygen atoms in total. The van der Waals surface area contributed by atoms with Gasteiger partial charge in [0.2, 0.25) is 0 Å². The van der Waals surface area contributed by atoms with Gasteiger partial charge in [0.15, 0.2) is 49.2 Å². The molecule has 0 amide bonds. The first-order chi connectivity index (χ1) is 18.2. The number of hydrogen-bond acceptors (Lipinski definition) is 16. The molecule has 0 unspecified atom stereocenters. The van der Waals surface area contributed by atoms with Crippen LogP contribution in [0.15, 0.2) is 0 Å². The Morgan fingerprint density at radius 2 is 1.13 bits per heavy atom. The molecular formula is C23H32O16. The number of rotatable bonds is 9. The van der Waals surface area contributed by atoms with Crippen LogP contribution in [0.1, 0.15) is 41.5 Å². The summed E-state index contributed by atoms with van der Waals surface area (Å²) < 4.78 is 48.0. The lowest BCUT2D eigenvalue weighted by Crippen LogP contribution is -2.65. The molecule has 2 fully saturated rings. The molecule has 16 heteroatoms. The van der Waals surface area contributed by atoms with E-state index in [0.29, 0.717) is 0 Å². The maximum absolute atomic E-state index is 12.0. The van der Waals surface area contributed by atoms with Gasteiger partial charge in [-0.1, -0.05) is 0 Å². The summed E-state index contributed by atoms with van der Waals surface area (Å²) in [6, 6.07) is 0. The second kappa shape index (κ2) is 14.2. The molecule has 2 saturated heterocycles. The van der Waals surface area contributed by atoms with Gasteiger partial charge in [-0.25, -0.2) is 0 Å². The Bertz CT molecular complexity index is 933. The number of carbonyl (C=O) groups excluding carboxylic acids is 6. The zero-order chi connectivity index (χ0) is 29.4. The van der Waals surface area contributed by atoms with Crippen molar-refractivity contribution in [1.82, 2.24) is 0 Å². The first-order valence-corrected chi connectivity index (χ1v) is 11.8. The molecule has 9 atom stereocenters. The molecular weight excluding hydrogens is 532 g/mol. The van der Waals surface area contributed by atoms with Crippen LogP contribution in [0.2, 0.25) is 0 Å². The van der Waals surface area contributed by atoms with Crippen molar-refractivity contribution in [3.8, 4) is 0 Å². The molecule has 0 aromatic carbocycles. The smallest absolute Gasteiger partial charge is 0.303 e. The van der Waals surface area contributed by atoms with Gasteiger partial charge in [0.25, 0.3) is 0 Å². The lowest BCUT2D eigenvalue weighted by molar-refractivity contribution is -0.351. The van der Waals surface area contributed by atoms with Gasteiger partial charge in [-0.2, -0.15) is 0 Å². The van der Waals surface area contributed by atoms with Crippen LogP contribution in [0.3, 0.4) is 0 Å². The average molecular weight is 564 g/mol.